The van der Waals surface area contributed by atoms with Gasteiger partial charge in [-0.25, -0.2) is 4.79 Å². The number of nitrogens with one attached hydrogen (secondary N) is 1. The maximum absolute atomic E-state index is 13.8. The van der Waals surface area contributed by atoms with Crippen molar-refractivity contribution in [3.63, 3.8) is 0 Å². The number of fused-ring (bicyclic) bond motifs is 4. The number of hydrogen-bond donors (Lipinski definition) is 2. The molecule has 3 aliphatic heterocycles. The van der Waals surface area contributed by atoms with Crippen LogP contribution in [0.2, 0.25) is 0 Å². The maximum Gasteiger partial charge on any atom is 0.328 e. The van der Waals surface area contributed by atoms with E-state index >= 15 is 0 Å². The first kappa shape index (κ1) is 22.9. The molecule has 3 aromatic rings. The minimum atomic E-state index is -0.580. The number of likely N-dealkylation sites (tertiary alicyclic amines) is 1. The van der Waals surface area contributed by atoms with Crippen molar-refractivity contribution in [3.8, 4) is 11.5 Å². The molecule has 6 rings (SSSR count). The van der Waals surface area contributed by atoms with Gasteiger partial charge in [0.2, 0.25) is 0 Å². The number of aromatic hydroxyl groups is 1. The lowest BCUT2D eigenvalue weighted by Gasteiger charge is -2.36. The zero-order chi connectivity index (χ0) is 25.0. The molecular weight excluding hydrogens is 456 g/mol. The second-order valence-electron chi connectivity index (χ2n) is 10.4. The van der Waals surface area contributed by atoms with Gasteiger partial charge in [-0.1, -0.05) is 19.1 Å². The number of piperidine rings is 1. The standard InChI is InChI=1S/C28H32N4O4/c1-17-8-10-30(11-9-17)12-13-31-27(34)24-16-22-21-15-20(36-2)6-7-23(21)29-25(22)26(32(24)28(31)35)18-4-3-5-19(33)14-18/h3-7,14-15,17,24,26,29,33H,8-13,16H2,1-2H3/t24-,26?/m0/s1. The number of amides is 3. The topological polar surface area (TPSA) is 89.1 Å². The number of rotatable bonds is 5. The highest BCUT2D eigenvalue weighted by Gasteiger charge is 2.52. The van der Waals surface area contributed by atoms with Crippen LogP contribution in [0.5, 0.6) is 11.5 Å². The molecule has 188 valence electrons. The highest BCUT2D eigenvalue weighted by atomic mass is 16.5. The minimum absolute atomic E-state index is 0.128. The molecule has 3 amide bonds. The fraction of sp³-hybridized carbons (Fsp3) is 0.429. The zero-order valence-corrected chi connectivity index (χ0v) is 20.7. The highest BCUT2D eigenvalue weighted by molar-refractivity contribution is 6.05. The SMILES string of the molecule is COc1ccc2[nH]c3c(c2c1)C[C@H]1C(=O)N(CCN2CCC(C)CC2)C(=O)N1C3c1cccc(O)c1. The van der Waals surface area contributed by atoms with Gasteiger partial charge in [-0.15, -0.1) is 0 Å². The van der Waals surface area contributed by atoms with E-state index in [9.17, 15) is 14.7 Å². The van der Waals surface area contributed by atoms with Crippen LogP contribution in [0.15, 0.2) is 42.5 Å². The van der Waals surface area contributed by atoms with Gasteiger partial charge in [-0.2, -0.15) is 0 Å². The van der Waals surface area contributed by atoms with Gasteiger partial charge >= 0.3 is 6.03 Å². The Morgan fingerprint density at radius 1 is 1.08 bits per heavy atom. The lowest BCUT2D eigenvalue weighted by atomic mass is 9.89. The summed E-state index contributed by atoms with van der Waals surface area (Å²) in [7, 11) is 1.64. The molecule has 0 bridgehead atoms. The van der Waals surface area contributed by atoms with E-state index in [1.165, 1.54) is 4.90 Å². The second-order valence-corrected chi connectivity index (χ2v) is 10.4. The van der Waals surface area contributed by atoms with E-state index in [0.29, 0.717) is 19.5 Å². The predicted molar refractivity (Wildman–Crippen MR) is 136 cm³/mol. The Kier molecular flexibility index (Phi) is 5.63. The molecule has 0 spiro atoms. The molecule has 8 nitrogen and oxygen atoms in total. The van der Waals surface area contributed by atoms with Crippen LogP contribution in [-0.4, -0.2) is 76.1 Å². The fourth-order valence-corrected chi connectivity index (χ4v) is 6.06. The van der Waals surface area contributed by atoms with Crippen LogP contribution < -0.4 is 4.74 Å². The van der Waals surface area contributed by atoms with Gasteiger partial charge in [-0.3, -0.25) is 14.6 Å². The number of aromatic nitrogens is 1. The van der Waals surface area contributed by atoms with Crippen molar-refractivity contribution >= 4 is 22.8 Å². The van der Waals surface area contributed by atoms with Gasteiger partial charge in [0.05, 0.1) is 7.11 Å². The van der Waals surface area contributed by atoms with E-state index in [0.717, 1.165) is 65.3 Å². The summed E-state index contributed by atoms with van der Waals surface area (Å²) in [6.07, 6.45) is 2.75. The molecule has 0 aliphatic carbocycles. The molecule has 0 radical (unpaired) electrons. The molecule has 0 saturated carbocycles. The molecular formula is C28H32N4O4. The van der Waals surface area contributed by atoms with Gasteiger partial charge in [-0.05, 0) is 73.3 Å². The number of benzene rings is 2. The van der Waals surface area contributed by atoms with E-state index in [2.05, 4.69) is 16.8 Å². The molecule has 2 fully saturated rings. The van der Waals surface area contributed by atoms with Crippen molar-refractivity contribution in [1.82, 2.24) is 19.7 Å². The lowest BCUT2D eigenvalue weighted by Crippen LogP contribution is -2.44. The number of methoxy groups -OCH3 is 1. The van der Waals surface area contributed by atoms with E-state index in [-0.39, 0.29) is 17.7 Å². The molecule has 1 aromatic heterocycles. The molecule has 8 heteroatoms. The number of imide groups is 1. The van der Waals surface area contributed by atoms with Crippen LogP contribution in [0.1, 0.15) is 42.6 Å². The Morgan fingerprint density at radius 2 is 1.89 bits per heavy atom. The molecule has 2 aromatic carbocycles. The van der Waals surface area contributed by atoms with Crippen molar-refractivity contribution in [3.05, 3.63) is 59.3 Å². The molecule has 2 saturated heterocycles. The Balaban J connectivity index is 1.38. The van der Waals surface area contributed by atoms with Crippen LogP contribution in [0, 0.1) is 5.92 Å². The van der Waals surface area contributed by atoms with Crippen LogP contribution in [0.4, 0.5) is 4.79 Å². The number of carbonyl (C=O) groups is 2. The first-order chi connectivity index (χ1) is 17.4. The third-order valence-electron chi connectivity index (χ3n) is 8.14. The molecule has 1 unspecified atom stereocenters. The first-order valence-electron chi connectivity index (χ1n) is 12.8. The summed E-state index contributed by atoms with van der Waals surface area (Å²) in [6, 6.07) is 11.5. The average molecular weight is 489 g/mol. The fourth-order valence-electron chi connectivity index (χ4n) is 6.06. The quantitative estimate of drug-likeness (QED) is 0.532. The van der Waals surface area contributed by atoms with Crippen LogP contribution >= 0.6 is 0 Å². The number of phenols is 1. The van der Waals surface area contributed by atoms with Crippen LogP contribution in [0.3, 0.4) is 0 Å². The van der Waals surface area contributed by atoms with E-state index in [1.807, 2.05) is 24.3 Å². The highest BCUT2D eigenvalue weighted by Crippen LogP contribution is 2.45. The van der Waals surface area contributed by atoms with Crippen molar-refractivity contribution in [1.29, 1.82) is 0 Å². The Bertz CT molecular complexity index is 1330. The summed E-state index contributed by atoms with van der Waals surface area (Å²) in [5.74, 6) is 1.46. The summed E-state index contributed by atoms with van der Waals surface area (Å²) in [6.45, 7) is 5.39. The van der Waals surface area contributed by atoms with Gasteiger partial charge in [0, 0.05) is 36.1 Å². The van der Waals surface area contributed by atoms with Crippen LogP contribution in [-0.2, 0) is 11.2 Å². The number of ether oxygens (including phenoxy) is 1. The molecule has 2 N–H and O–H groups in total. The summed E-state index contributed by atoms with van der Waals surface area (Å²) >= 11 is 0. The summed E-state index contributed by atoms with van der Waals surface area (Å²) < 4.78 is 5.46. The number of aromatic amines is 1. The Labute approximate surface area is 210 Å². The second kappa shape index (κ2) is 8.85. The van der Waals surface area contributed by atoms with Crippen LogP contribution in [0.25, 0.3) is 10.9 Å². The molecule has 2 atom stereocenters. The minimum Gasteiger partial charge on any atom is -0.508 e. The first-order valence-corrected chi connectivity index (χ1v) is 12.8. The normalized spacial score (nSPS) is 22.8. The van der Waals surface area contributed by atoms with Crippen molar-refractivity contribution in [2.75, 3.05) is 33.3 Å². The number of urea groups is 1. The van der Waals surface area contributed by atoms with E-state index < -0.39 is 12.1 Å². The Morgan fingerprint density at radius 3 is 2.64 bits per heavy atom. The molecule has 36 heavy (non-hydrogen) atoms. The van der Waals surface area contributed by atoms with Gasteiger partial charge in [0.25, 0.3) is 5.91 Å². The van der Waals surface area contributed by atoms with Gasteiger partial charge in [0.1, 0.15) is 23.6 Å². The maximum atomic E-state index is 13.8. The molecule has 3 aliphatic rings. The van der Waals surface area contributed by atoms with Crippen molar-refractivity contribution in [2.24, 2.45) is 5.92 Å². The summed E-state index contributed by atoms with van der Waals surface area (Å²) in [4.78, 5) is 36.5. The number of hydrogen-bond acceptors (Lipinski definition) is 5. The third kappa shape index (κ3) is 3.71. The van der Waals surface area contributed by atoms with Gasteiger partial charge in [0.15, 0.2) is 0 Å². The lowest BCUT2D eigenvalue weighted by molar-refractivity contribution is -0.128. The molecule has 4 heterocycles. The van der Waals surface area contributed by atoms with E-state index in [4.69, 9.17) is 4.74 Å². The number of carbonyl (C=O) groups excluding carboxylic acids is 2. The average Bonchev–Trinajstić information content (AvgIpc) is 3.36. The third-order valence-corrected chi connectivity index (χ3v) is 8.14. The van der Waals surface area contributed by atoms with Crippen molar-refractivity contribution in [2.45, 2.75) is 38.3 Å². The van der Waals surface area contributed by atoms with E-state index in [1.54, 1.807) is 30.2 Å². The smallest absolute Gasteiger partial charge is 0.328 e. The van der Waals surface area contributed by atoms with Gasteiger partial charge < -0.3 is 19.7 Å². The summed E-state index contributed by atoms with van der Waals surface area (Å²) in [5, 5.41) is 11.2. The zero-order valence-electron chi connectivity index (χ0n) is 20.7. The Hall–Kier alpha value is -3.52. The number of phenolic OH excluding ortho intramolecular Hbond substituents is 1. The summed E-state index contributed by atoms with van der Waals surface area (Å²) in [5.41, 5.74) is 3.61. The predicted octanol–water partition coefficient (Wildman–Crippen LogP) is 3.89. The largest absolute Gasteiger partial charge is 0.508 e. The number of H-pyrrole nitrogens is 1. The monoisotopic (exact) mass is 488 g/mol. The number of nitrogens with zero attached hydrogens (tertiary/aromatic N) is 3. The van der Waals surface area contributed by atoms with Crippen molar-refractivity contribution < 1.29 is 19.4 Å².